The predicted molar refractivity (Wildman–Crippen MR) is 55.0 cm³/mol. The van der Waals surface area contributed by atoms with Gasteiger partial charge in [0.2, 0.25) is 0 Å². The van der Waals surface area contributed by atoms with E-state index < -0.39 is 0 Å². The van der Waals surface area contributed by atoms with E-state index in [4.69, 9.17) is 6.42 Å². The van der Waals surface area contributed by atoms with Crippen LogP contribution in [0.1, 0.15) is 33.1 Å². The monoisotopic (exact) mass is 165 g/mol. The number of rotatable bonds is 6. The van der Waals surface area contributed by atoms with Gasteiger partial charge in [-0.15, -0.1) is 12.3 Å². The molecular formula is C11H19N. The number of allylic oxidation sites excluding steroid dienone is 1. The van der Waals surface area contributed by atoms with E-state index >= 15 is 0 Å². The first-order chi connectivity index (χ1) is 5.81. The van der Waals surface area contributed by atoms with E-state index in [2.05, 4.69) is 31.2 Å². The molecular weight excluding hydrogens is 146 g/mol. The molecule has 12 heavy (non-hydrogen) atoms. The summed E-state index contributed by atoms with van der Waals surface area (Å²) >= 11 is 0. The standard InChI is InChI=1S/C11H19N/c1-4-7-11(3)8-6-10-12-9-5-2/h1,8,12H,5-7,9-10H2,2-3H3. The van der Waals surface area contributed by atoms with E-state index in [-0.39, 0.29) is 0 Å². The number of nitrogens with one attached hydrogen (secondary N) is 1. The van der Waals surface area contributed by atoms with Crippen molar-refractivity contribution < 1.29 is 0 Å². The molecule has 1 N–H and O–H groups in total. The number of terminal acetylenes is 1. The van der Waals surface area contributed by atoms with Crippen LogP contribution in [0.2, 0.25) is 0 Å². The van der Waals surface area contributed by atoms with Gasteiger partial charge in [0.25, 0.3) is 0 Å². The molecule has 0 saturated carbocycles. The highest BCUT2D eigenvalue weighted by Gasteiger charge is 1.85. The van der Waals surface area contributed by atoms with Gasteiger partial charge in [0.15, 0.2) is 0 Å². The molecule has 0 amide bonds. The summed E-state index contributed by atoms with van der Waals surface area (Å²) in [7, 11) is 0. The quantitative estimate of drug-likeness (QED) is 0.362. The van der Waals surface area contributed by atoms with Gasteiger partial charge >= 0.3 is 0 Å². The minimum absolute atomic E-state index is 0.785. The lowest BCUT2D eigenvalue weighted by Gasteiger charge is -1.99. The third-order valence-electron chi connectivity index (χ3n) is 1.62. The molecule has 0 bridgehead atoms. The van der Waals surface area contributed by atoms with E-state index in [1.165, 1.54) is 12.0 Å². The smallest absolute Gasteiger partial charge is 0.0293 e. The van der Waals surface area contributed by atoms with E-state index in [9.17, 15) is 0 Å². The van der Waals surface area contributed by atoms with Crippen LogP contribution in [0.15, 0.2) is 11.6 Å². The fraction of sp³-hybridized carbons (Fsp3) is 0.636. The van der Waals surface area contributed by atoms with Crippen molar-refractivity contribution >= 4 is 0 Å². The van der Waals surface area contributed by atoms with Gasteiger partial charge in [-0.25, -0.2) is 0 Å². The van der Waals surface area contributed by atoms with Crippen LogP contribution < -0.4 is 5.32 Å². The van der Waals surface area contributed by atoms with Crippen LogP contribution in [-0.2, 0) is 0 Å². The lowest BCUT2D eigenvalue weighted by Crippen LogP contribution is -2.15. The van der Waals surface area contributed by atoms with Crippen molar-refractivity contribution in [2.75, 3.05) is 13.1 Å². The van der Waals surface area contributed by atoms with Crippen LogP contribution in [0.4, 0.5) is 0 Å². The first-order valence-corrected chi connectivity index (χ1v) is 4.61. The molecule has 68 valence electrons. The Kier molecular flexibility index (Phi) is 7.84. The highest BCUT2D eigenvalue weighted by molar-refractivity contribution is 5.07. The number of hydrogen-bond donors (Lipinski definition) is 1. The molecule has 0 aliphatic rings. The Balaban J connectivity index is 3.28. The van der Waals surface area contributed by atoms with Crippen molar-refractivity contribution in [3.05, 3.63) is 11.6 Å². The van der Waals surface area contributed by atoms with Gasteiger partial charge in [-0.2, -0.15) is 0 Å². The molecule has 0 radical (unpaired) electrons. The summed E-state index contributed by atoms with van der Waals surface area (Å²) in [6.45, 7) is 6.43. The Morgan fingerprint density at radius 1 is 1.50 bits per heavy atom. The molecule has 0 heterocycles. The summed E-state index contributed by atoms with van der Waals surface area (Å²) < 4.78 is 0. The molecule has 0 spiro atoms. The SMILES string of the molecule is C#CCC(C)=CCCNCCC. The zero-order chi connectivity index (χ0) is 9.23. The molecule has 0 aromatic carbocycles. The van der Waals surface area contributed by atoms with Crippen LogP contribution in [-0.4, -0.2) is 13.1 Å². The number of hydrogen-bond acceptors (Lipinski definition) is 1. The Labute approximate surface area is 76.2 Å². The fourth-order valence-electron chi connectivity index (χ4n) is 0.956. The van der Waals surface area contributed by atoms with E-state index in [0.717, 1.165) is 25.9 Å². The van der Waals surface area contributed by atoms with Crippen LogP contribution in [0.5, 0.6) is 0 Å². The van der Waals surface area contributed by atoms with Crippen molar-refractivity contribution in [3.8, 4) is 12.3 Å². The van der Waals surface area contributed by atoms with Gasteiger partial charge in [0, 0.05) is 6.42 Å². The lowest BCUT2D eigenvalue weighted by molar-refractivity contribution is 0.677. The maximum atomic E-state index is 5.17. The summed E-state index contributed by atoms with van der Waals surface area (Å²) in [5.41, 5.74) is 1.30. The molecule has 0 aromatic rings. The zero-order valence-electron chi connectivity index (χ0n) is 8.19. The fourth-order valence-corrected chi connectivity index (χ4v) is 0.956. The Morgan fingerprint density at radius 3 is 2.83 bits per heavy atom. The van der Waals surface area contributed by atoms with Crippen molar-refractivity contribution in [1.82, 2.24) is 5.32 Å². The highest BCUT2D eigenvalue weighted by Crippen LogP contribution is 1.98. The van der Waals surface area contributed by atoms with Gasteiger partial charge in [0.1, 0.15) is 0 Å². The minimum atomic E-state index is 0.785. The van der Waals surface area contributed by atoms with Crippen LogP contribution in [0.25, 0.3) is 0 Å². The summed E-state index contributed by atoms with van der Waals surface area (Å²) in [5.74, 6) is 2.63. The van der Waals surface area contributed by atoms with Crippen LogP contribution in [0, 0.1) is 12.3 Å². The first kappa shape index (κ1) is 11.3. The maximum absolute atomic E-state index is 5.17. The molecule has 0 aromatic heterocycles. The molecule has 1 nitrogen and oxygen atoms in total. The third kappa shape index (κ3) is 7.37. The molecule has 0 fully saturated rings. The lowest BCUT2D eigenvalue weighted by atomic mass is 10.2. The molecule has 0 rings (SSSR count). The van der Waals surface area contributed by atoms with Crippen molar-refractivity contribution in [2.45, 2.75) is 33.1 Å². The van der Waals surface area contributed by atoms with Gasteiger partial charge in [-0.05, 0) is 32.9 Å². The molecule has 0 atom stereocenters. The topological polar surface area (TPSA) is 12.0 Å². The van der Waals surface area contributed by atoms with Crippen LogP contribution in [0.3, 0.4) is 0 Å². The summed E-state index contributed by atoms with van der Waals surface area (Å²) in [6, 6.07) is 0. The molecule has 0 saturated heterocycles. The van der Waals surface area contributed by atoms with Crippen molar-refractivity contribution in [2.24, 2.45) is 0 Å². The second-order valence-corrected chi connectivity index (χ2v) is 2.97. The minimum Gasteiger partial charge on any atom is -0.316 e. The Bertz CT molecular complexity index is 162. The Morgan fingerprint density at radius 2 is 2.25 bits per heavy atom. The average Bonchev–Trinajstić information content (AvgIpc) is 2.05. The van der Waals surface area contributed by atoms with E-state index in [1.54, 1.807) is 0 Å². The van der Waals surface area contributed by atoms with Crippen LogP contribution >= 0.6 is 0 Å². The van der Waals surface area contributed by atoms with Crippen molar-refractivity contribution in [1.29, 1.82) is 0 Å². The van der Waals surface area contributed by atoms with Crippen molar-refractivity contribution in [3.63, 3.8) is 0 Å². The van der Waals surface area contributed by atoms with Gasteiger partial charge in [-0.1, -0.05) is 18.6 Å². The predicted octanol–water partition coefficient (Wildman–Crippen LogP) is 2.35. The Hall–Kier alpha value is -0.740. The largest absolute Gasteiger partial charge is 0.316 e. The maximum Gasteiger partial charge on any atom is 0.0293 e. The first-order valence-electron chi connectivity index (χ1n) is 4.61. The molecule has 0 unspecified atom stereocenters. The summed E-state index contributed by atoms with van der Waals surface area (Å²) in [5, 5.41) is 3.34. The van der Waals surface area contributed by atoms with Gasteiger partial charge < -0.3 is 5.32 Å². The normalized spacial score (nSPS) is 11.2. The zero-order valence-corrected chi connectivity index (χ0v) is 8.19. The average molecular weight is 165 g/mol. The second-order valence-electron chi connectivity index (χ2n) is 2.97. The highest BCUT2D eigenvalue weighted by atomic mass is 14.8. The molecule has 1 heteroatoms. The third-order valence-corrected chi connectivity index (χ3v) is 1.62. The second kappa shape index (κ2) is 8.36. The molecule has 0 aliphatic heterocycles. The molecule has 0 aliphatic carbocycles. The van der Waals surface area contributed by atoms with Gasteiger partial charge in [-0.3, -0.25) is 0 Å². The summed E-state index contributed by atoms with van der Waals surface area (Å²) in [4.78, 5) is 0. The van der Waals surface area contributed by atoms with E-state index in [0.29, 0.717) is 0 Å². The van der Waals surface area contributed by atoms with E-state index in [1.807, 2.05) is 0 Å². The summed E-state index contributed by atoms with van der Waals surface area (Å²) in [6.07, 6.45) is 10.5. The van der Waals surface area contributed by atoms with Gasteiger partial charge in [0.05, 0.1) is 0 Å².